The fourth-order valence-corrected chi connectivity index (χ4v) is 12.2. The number of phosphoric ester groups is 2. The van der Waals surface area contributed by atoms with Crippen LogP contribution in [0.2, 0.25) is 0 Å². The van der Waals surface area contributed by atoms with E-state index >= 15 is 0 Å². The Morgan fingerprint density at radius 2 is 0.533 bits per heavy atom. The van der Waals surface area contributed by atoms with Crippen LogP contribution in [0.3, 0.4) is 0 Å². The van der Waals surface area contributed by atoms with Crippen molar-refractivity contribution in [2.24, 2.45) is 23.7 Å². The highest BCUT2D eigenvalue weighted by molar-refractivity contribution is 7.47. The van der Waals surface area contributed by atoms with E-state index in [-0.39, 0.29) is 25.7 Å². The molecule has 3 N–H and O–H groups in total. The molecule has 0 aliphatic heterocycles. The summed E-state index contributed by atoms with van der Waals surface area (Å²) < 4.78 is 68.3. The molecular formula is C71H138O17P2. The zero-order valence-electron chi connectivity index (χ0n) is 58.8. The number of rotatable bonds is 68. The van der Waals surface area contributed by atoms with Crippen LogP contribution in [0.1, 0.15) is 351 Å². The molecule has 7 atom stereocenters. The molecule has 19 heteroatoms. The predicted octanol–water partition coefficient (Wildman–Crippen LogP) is 20.1. The van der Waals surface area contributed by atoms with Crippen molar-refractivity contribution in [3.8, 4) is 0 Å². The molecule has 0 saturated heterocycles. The molecule has 0 saturated carbocycles. The van der Waals surface area contributed by atoms with Gasteiger partial charge in [-0.1, -0.05) is 299 Å². The Bertz CT molecular complexity index is 1790. The number of hydrogen-bond donors (Lipinski definition) is 3. The van der Waals surface area contributed by atoms with Gasteiger partial charge in [0.1, 0.15) is 19.3 Å². The standard InChI is InChI=1S/C71H138O17P2/c1-9-63(7)49-41-33-24-21-22-26-38-46-54-71(76)88-66(57-81-68(73)51-43-35-29-27-32-40-48-62(5)6)59-85-89(77,78)83-55-65(72)56-84-90(79,80)86-60-67(58-82-69(74)52-44-36-30-28-34-42-50-64(8)10-2)87-70(75)53-45-37-25-20-18-16-14-12-11-13-15-17-19-23-31-39-47-61(3)4/h61-67,72H,9-60H2,1-8H3,(H,77,78)(H,79,80)/t63?,64?,65-,66-,67-/m1/s1. The van der Waals surface area contributed by atoms with Crippen molar-refractivity contribution < 1.29 is 80.2 Å². The van der Waals surface area contributed by atoms with Crippen molar-refractivity contribution in [2.45, 2.75) is 369 Å². The first-order valence-electron chi connectivity index (χ1n) is 36.8. The third-order valence-electron chi connectivity index (χ3n) is 17.0. The van der Waals surface area contributed by atoms with E-state index in [1.165, 1.54) is 141 Å². The van der Waals surface area contributed by atoms with Crippen molar-refractivity contribution in [2.75, 3.05) is 39.6 Å². The summed E-state index contributed by atoms with van der Waals surface area (Å²) in [6.45, 7) is 14.1. The van der Waals surface area contributed by atoms with Gasteiger partial charge in [0.2, 0.25) is 0 Å². The van der Waals surface area contributed by atoms with E-state index in [1.807, 2.05) is 0 Å². The second-order valence-electron chi connectivity index (χ2n) is 27.1. The van der Waals surface area contributed by atoms with Gasteiger partial charge in [-0.2, -0.15) is 0 Å². The highest BCUT2D eigenvalue weighted by Gasteiger charge is 2.30. The molecule has 17 nitrogen and oxygen atoms in total. The zero-order chi connectivity index (χ0) is 66.8. The Morgan fingerprint density at radius 3 is 0.789 bits per heavy atom. The molecule has 0 aromatic carbocycles. The molecule has 90 heavy (non-hydrogen) atoms. The first-order valence-corrected chi connectivity index (χ1v) is 39.8. The molecule has 0 fully saturated rings. The minimum atomic E-state index is -4.95. The van der Waals surface area contributed by atoms with E-state index in [2.05, 4.69) is 55.4 Å². The first-order chi connectivity index (χ1) is 43.2. The second kappa shape index (κ2) is 60.7. The van der Waals surface area contributed by atoms with Crippen LogP contribution in [0.5, 0.6) is 0 Å². The Hall–Kier alpha value is -1.94. The van der Waals surface area contributed by atoms with Gasteiger partial charge in [0.25, 0.3) is 0 Å². The van der Waals surface area contributed by atoms with Gasteiger partial charge in [0.15, 0.2) is 12.2 Å². The van der Waals surface area contributed by atoms with Crippen LogP contribution in [0.25, 0.3) is 0 Å². The van der Waals surface area contributed by atoms with Crippen LogP contribution in [0.15, 0.2) is 0 Å². The maximum Gasteiger partial charge on any atom is 0.472 e. The molecule has 0 bridgehead atoms. The third-order valence-corrected chi connectivity index (χ3v) is 18.9. The molecule has 0 rings (SSSR count). The molecule has 0 aliphatic rings. The summed E-state index contributed by atoms with van der Waals surface area (Å²) >= 11 is 0. The number of carbonyl (C=O) groups excluding carboxylic acids is 4. The van der Waals surface area contributed by atoms with Crippen LogP contribution in [-0.2, 0) is 65.4 Å². The summed E-state index contributed by atoms with van der Waals surface area (Å²) in [6.07, 6.45) is 43.3. The maximum atomic E-state index is 13.0. The van der Waals surface area contributed by atoms with Crippen LogP contribution in [0, 0.1) is 23.7 Å². The summed E-state index contributed by atoms with van der Waals surface area (Å²) in [5.41, 5.74) is 0. The number of aliphatic hydroxyl groups excluding tert-OH is 1. The van der Waals surface area contributed by atoms with Crippen molar-refractivity contribution in [3.05, 3.63) is 0 Å². The minimum absolute atomic E-state index is 0.103. The average molecular weight is 1330 g/mol. The summed E-state index contributed by atoms with van der Waals surface area (Å²) in [7, 11) is -9.90. The molecule has 0 aromatic rings. The van der Waals surface area contributed by atoms with Gasteiger partial charge < -0.3 is 33.8 Å². The summed E-state index contributed by atoms with van der Waals surface area (Å²) in [6, 6.07) is 0. The smallest absolute Gasteiger partial charge is 0.462 e. The highest BCUT2D eigenvalue weighted by Crippen LogP contribution is 2.45. The van der Waals surface area contributed by atoms with Gasteiger partial charge in [0.05, 0.1) is 26.4 Å². The SMILES string of the molecule is CCC(C)CCCCCCCCCCC(=O)O[C@H](COC(=O)CCCCCCCCC(C)C)COP(=O)(O)OC[C@@H](O)COP(=O)(O)OC[C@@H](COC(=O)CCCCCCCCC(C)CC)OC(=O)CCCCCCCCCCCCCCCCCCC(C)C. The predicted molar refractivity (Wildman–Crippen MR) is 363 cm³/mol. The maximum absolute atomic E-state index is 13.0. The summed E-state index contributed by atoms with van der Waals surface area (Å²) in [5.74, 6) is 0.856. The summed E-state index contributed by atoms with van der Waals surface area (Å²) in [4.78, 5) is 72.5. The van der Waals surface area contributed by atoms with Crippen molar-refractivity contribution >= 4 is 39.5 Å². The highest BCUT2D eigenvalue weighted by atomic mass is 31.2. The fourth-order valence-electron chi connectivity index (χ4n) is 10.6. The average Bonchev–Trinajstić information content (AvgIpc) is 2.80. The quantitative estimate of drug-likeness (QED) is 0.0222. The second-order valence-corrected chi connectivity index (χ2v) is 30.0. The van der Waals surface area contributed by atoms with Crippen LogP contribution in [-0.4, -0.2) is 96.7 Å². The van der Waals surface area contributed by atoms with Gasteiger partial charge in [-0.25, -0.2) is 9.13 Å². The van der Waals surface area contributed by atoms with E-state index < -0.39 is 97.5 Å². The van der Waals surface area contributed by atoms with Crippen molar-refractivity contribution in [3.63, 3.8) is 0 Å². The van der Waals surface area contributed by atoms with Gasteiger partial charge in [-0.15, -0.1) is 0 Å². The number of carbonyl (C=O) groups is 4. The van der Waals surface area contributed by atoms with E-state index in [1.54, 1.807) is 0 Å². The van der Waals surface area contributed by atoms with E-state index in [0.29, 0.717) is 31.6 Å². The minimum Gasteiger partial charge on any atom is -0.462 e. The Labute approximate surface area is 549 Å². The Morgan fingerprint density at radius 1 is 0.311 bits per heavy atom. The molecule has 0 amide bonds. The van der Waals surface area contributed by atoms with E-state index in [0.717, 1.165) is 120 Å². The largest absolute Gasteiger partial charge is 0.472 e. The molecule has 0 spiro atoms. The molecule has 534 valence electrons. The van der Waals surface area contributed by atoms with E-state index in [4.69, 9.17) is 37.0 Å². The van der Waals surface area contributed by atoms with Crippen molar-refractivity contribution in [1.82, 2.24) is 0 Å². The lowest BCUT2D eigenvalue weighted by atomic mass is 9.99. The molecule has 4 unspecified atom stereocenters. The van der Waals surface area contributed by atoms with E-state index in [9.17, 15) is 43.2 Å². The Balaban J connectivity index is 5.20. The topological polar surface area (TPSA) is 237 Å². The number of aliphatic hydroxyl groups is 1. The fraction of sp³-hybridized carbons (Fsp3) is 0.944. The van der Waals surface area contributed by atoms with Gasteiger partial charge in [-0.05, 0) is 49.4 Å². The lowest BCUT2D eigenvalue weighted by Crippen LogP contribution is -2.30. The normalized spacial score (nSPS) is 14.9. The molecule has 0 aromatic heterocycles. The molecular weight excluding hydrogens is 1190 g/mol. The summed E-state index contributed by atoms with van der Waals surface area (Å²) in [5, 5.41) is 10.6. The molecule has 0 aliphatic carbocycles. The monoisotopic (exact) mass is 1320 g/mol. The lowest BCUT2D eigenvalue weighted by molar-refractivity contribution is -0.161. The first kappa shape index (κ1) is 88.1. The van der Waals surface area contributed by atoms with Crippen LogP contribution >= 0.6 is 15.6 Å². The van der Waals surface area contributed by atoms with Crippen LogP contribution in [0.4, 0.5) is 0 Å². The van der Waals surface area contributed by atoms with Gasteiger partial charge in [-0.3, -0.25) is 37.3 Å². The lowest BCUT2D eigenvalue weighted by Gasteiger charge is -2.21. The zero-order valence-corrected chi connectivity index (χ0v) is 60.6. The van der Waals surface area contributed by atoms with Crippen LogP contribution < -0.4 is 0 Å². The number of ether oxygens (including phenoxy) is 4. The Kier molecular flexibility index (Phi) is 59.4. The molecule has 0 radical (unpaired) electrons. The third kappa shape index (κ3) is 62.2. The molecule has 0 heterocycles. The van der Waals surface area contributed by atoms with Gasteiger partial charge in [0, 0.05) is 25.7 Å². The number of esters is 4. The number of unbranched alkanes of at least 4 members (excludes halogenated alkanes) is 32. The number of hydrogen-bond acceptors (Lipinski definition) is 15. The van der Waals surface area contributed by atoms with Gasteiger partial charge >= 0.3 is 39.5 Å². The van der Waals surface area contributed by atoms with Crippen molar-refractivity contribution in [1.29, 1.82) is 0 Å². The number of phosphoric acid groups is 2.